The van der Waals surface area contributed by atoms with Crippen LogP contribution < -0.4 is 0 Å². The van der Waals surface area contributed by atoms with Crippen molar-refractivity contribution >= 4 is 17.4 Å². The number of esters is 1. The molecule has 0 saturated heterocycles. The Morgan fingerprint density at radius 1 is 1.35 bits per heavy atom. The third-order valence-electron chi connectivity index (χ3n) is 3.60. The zero-order chi connectivity index (χ0) is 14.4. The van der Waals surface area contributed by atoms with Crippen molar-refractivity contribution in [2.75, 3.05) is 27.2 Å². The standard InChI is InChI=1S/C16H22N2O2/c1-18(10-5-8-16(19)20-2)11-9-14-12-13-6-3-4-7-15(13)17-14/h3-4,6-7H,5,8-12H2,1-2H3. The van der Waals surface area contributed by atoms with Gasteiger partial charge in [0.1, 0.15) is 0 Å². The normalized spacial score (nSPS) is 13.2. The van der Waals surface area contributed by atoms with E-state index in [2.05, 4.69) is 39.9 Å². The summed E-state index contributed by atoms with van der Waals surface area (Å²) in [5.41, 5.74) is 3.71. The van der Waals surface area contributed by atoms with Gasteiger partial charge in [-0.2, -0.15) is 0 Å². The van der Waals surface area contributed by atoms with Crippen molar-refractivity contribution in [1.29, 1.82) is 0 Å². The molecular formula is C16H22N2O2. The van der Waals surface area contributed by atoms with Crippen LogP contribution in [0.5, 0.6) is 0 Å². The van der Waals surface area contributed by atoms with Crippen LogP contribution in [0.3, 0.4) is 0 Å². The minimum atomic E-state index is -0.131. The molecule has 0 spiro atoms. The second kappa shape index (κ2) is 7.20. The first kappa shape index (κ1) is 14.7. The zero-order valence-corrected chi connectivity index (χ0v) is 12.3. The lowest BCUT2D eigenvalue weighted by molar-refractivity contribution is -0.140. The SMILES string of the molecule is COC(=O)CCCN(C)CCC1=Nc2ccccc2C1. The number of hydrogen-bond donors (Lipinski definition) is 0. The van der Waals surface area contributed by atoms with E-state index in [0.29, 0.717) is 6.42 Å². The third kappa shape index (κ3) is 4.17. The van der Waals surface area contributed by atoms with Crippen LogP contribution >= 0.6 is 0 Å². The number of rotatable bonds is 7. The average molecular weight is 274 g/mol. The van der Waals surface area contributed by atoms with E-state index in [1.165, 1.54) is 18.4 Å². The Bertz CT molecular complexity index is 497. The molecule has 2 rings (SSSR count). The van der Waals surface area contributed by atoms with Crippen LogP contribution in [0.4, 0.5) is 5.69 Å². The summed E-state index contributed by atoms with van der Waals surface area (Å²) in [7, 11) is 3.52. The summed E-state index contributed by atoms with van der Waals surface area (Å²) in [6.45, 7) is 1.89. The van der Waals surface area contributed by atoms with Gasteiger partial charge in [-0.15, -0.1) is 0 Å². The molecule has 4 nitrogen and oxygen atoms in total. The lowest BCUT2D eigenvalue weighted by Gasteiger charge is -2.15. The summed E-state index contributed by atoms with van der Waals surface area (Å²) in [6, 6.07) is 8.31. The van der Waals surface area contributed by atoms with Crippen molar-refractivity contribution < 1.29 is 9.53 Å². The molecule has 0 bridgehead atoms. The number of nitrogens with zero attached hydrogens (tertiary/aromatic N) is 2. The van der Waals surface area contributed by atoms with Crippen LogP contribution in [0.15, 0.2) is 29.3 Å². The number of aliphatic imine (C=N–C) groups is 1. The van der Waals surface area contributed by atoms with Gasteiger partial charge in [-0.25, -0.2) is 0 Å². The second-order valence-corrected chi connectivity index (χ2v) is 5.22. The molecule has 0 aliphatic carbocycles. The largest absolute Gasteiger partial charge is 0.469 e. The Morgan fingerprint density at radius 3 is 2.90 bits per heavy atom. The van der Waals surface area contributed by atoms with Gasteiger partial charge in [-0.3, -0.25) is 9.79 Å². The summed E-state index contributed by atoms with van der Waals surface area (Å²) < 4.78 is 4.63. The number of methoxy groups -OCH3 is 1. The van der Waals surface area contributed by atoms with Gasteiger partial charge in [-0.05, 0) is 38.1 Å². The molecule has 0 fully saturated rings. The van der Waals surface area contributed by atoms with E-state index in [-0.39, 0.29) is 5.97 Å². The fraction of sp³-hybridized carbons (Fsp3) is 0.500. The summed E-state index contributed by atoms with van der Waals surface area (Å²) in [4.78, 5) is 17.9. The number of ether oxygens (including phenoxy) is 1. The monoisotopic (exact) mass is 274 g/mol. The summed E-state index contributed by atoms with van der Waals surface area (Å²) in [5, 5.41) is 0. The van der Waals surface area contributed by atoms with Crippen LogP contribution in [0.2, 0.25) is 0 Å². The van der Waals surface area contributed by atoms with Crippen molar-refractivity contribution in [3.63, 3.8) is 0 Å². The molecule has 0 N–H and O–H groups in total. The van der Waals surface area contributed by atoms with E-state index < -0.39 is 0 Å². The highest BCUT2D eigenvalue weighted by molar-refractivity contribution is 5.93. The summed E-state index contributed by atoms with van der Waals surface area (Å²) >= 11 is 0. The highest BCUT2D eigenvalue weighted by Gasteiger charge is 2.13. The zero-order valence-electron chi connectivity index (χ0n) is 12.3. The van der Waals surface area contributed by atoms with Gasteiger partial charge in [0.05, 0.1) is 12.8 Å². The van der Waals surface area contributed by atoms with Gasteiger partial charge in [0.2, 0.25) is 0 Å². The van der Waals surface area contributed by atoms with Crippen LogP contribution in [0.1, 0.15) is 24.8 Å². The number of fused-ring (bicyclic) bond motifs is 1. The molecule has 0 radical (unpaired) electrons. The maximum atomic E-state index is 11.0. The molecular weight excluding hydrogens is 252 g/mol. The smallest absolute Gasteiger partial charge is 0.305 e. The van der Waals surface area contributed by atoms with Crippen molar-refractivity contribution in [2.45, 2.75) is 25.7 Å². The van der Waals surface area contributed by atoms with Crippen LogP contribution in [0, 0.1) is 0 Å². The van der Waals surface area contributed by atoms with E-state index in [1.54, 1.807) is 0 Å². The van der Waals surface area contributed by atoms with E-state index in [4.69, 9.17) is 0 Å². The summed E-state index contributed by atoms with van der Waals surface area (Å²) in [6.07, 6.45) is 3.30. The number of benzene rings is 1. The molecule has 4 heteroatoms. The molecule has 0 aromatic heterocycles. The highest BCUT2D eigenvalue weighted by atomic mass is 16.5. The Kier molecular flexibility index (Phi) is 5.30. The van der Waals surface area contributed by atoms with E-state index >= 15 is 0 Å². The Balaban J connectivity index is 1.68. The number of carbonyl (C=O) groups is 1. The van der Waals surface area contributed by atoms with Gasteiger partial charge in [0, 0.05) is 25.1 Å². The molecule has 20 heavy (non-hydrogen) atoms. The van der Waals surface area contributed by atoms with Gasteiger partial charge in [-0.1, -0.05) is 18.2 Å². The molecule has 0 saturated carbocycles. The lowest BCUT2D eigenvalue weighted by Crippen LogP contribution is -2.23. The molecule has 0 unspecified atom stereocenters. The maximum Gasteiger partial charge on any atom is 0.305 e. The molecule has 1 aliphatic rings. The minimum absolute atomic E-state index is 0.131. The van der Waals surface area contributed by atoms with Gasteiger partial charge in [0.25, 0.3) is 0 Å². The average Bonchev–Trinajstić information content (AvgIpc) is 2.87. The Morgan fingerprint density at radius 2 is 2.15 bits per heavy atom. The minimum Gasteiger partial charge on any atom is -0.469 e. The predicted octanol–water partition coefficient (Wildman–Crippen LogP) is 2.59. The van der Waals surface area contributed by atoms with E-state index in [9.17, 15) is 4.79 Å². The fourth-order valence-electron chi connectivity index (χ4n) is 2.37. The predicted molar refractivity (Wildman–Crippen MR) is 80.6 cm³/mol. The topological polar surface area (TPSA) is 41.9 Å². The number of carbonyl (C=O) groups excluding carboxylic acids is 1. The molecule has 1 heterocycles. The molecule has 0 atom stereocenters. The lowest BCUT2D eigenvalue weighted by atomic mass is 10.1. The van der Waals surface area contributed by atoms with Crippen LogP contribution in [-0.4, -0.2) is 43.8 Å². The first-order chi connectivity index (χ1) is 9.69. The van der Waals surface area contributed by atoms with E-state index in [0.717, 1.165) is 38.0 Å². The van der Waals surface area contributed by atoms with Crippen LogP contribution in [-0.2, 0) is 16.0 Å². The van der Waals surface area contributed by atoms with Crippen molar-refractivity contribution in [3.8, 4) is 0 Å². The van der Waals surface area contributed by atoms with Gasteiger partial charge < -0.3 is 9.64 Å². The second-order valence-electron chi connectivity index (χ2n) is 5.22. The molecule has 1 aliphatic heterocycles. The molecule has 108 valence electrons. The number of para-hydroxylation sites is 1. The van der Waals surface area contributed by atoms with Crippen molar-refractivity contribution in [2.24, 2.45) is 4.99 Å². The number of hydrogen-bond acceptors (Lipinski definition) is 4. The van der Waals surface area contributed by atoms with Crippen molar-refractivity contribution in [1.82, 2.24) is 4.90 Å². The molecule has 1 aromatic carbocycles. The fourth-order valence-corrected chi connectivity index (χ4v) is 2.37. The highest BCUT2D eigenvalue weighted by Crippen LogP contribution is 2.26. The van der Waals surface area contributed by atoms with Gasteiger partial charge >= 0.3 is 5.97 Å². The first-order valence-corrected chi connectivity index (χ1v) is 7.08. The molecule has 0 amide bonds. The molecule has 1 aromatic rings. The maximum absolute atomic E-state index is 11.0. The van der Waals surface area contributed by atoms with Crippen molar-refractivity contribution in [3.05, 3.63) is 29.8 Å². The third-order valence-corrected chi connectivity index (χ3v) is 3.60. The Hall–Kier alpha value is -1.68. The van der Waals surface area contributed by atoms with Gasteiger partial charge in [0.15, 0.2) is 0 Å². The van der Waals surface area contributed by atoms with E-state index in [1.807, 2.05) is 6.07 Å². The summed E-state index contributed by atoms with van der Waals surface area (Å²) in [5.74, 6) is -0.131. The first-order valence-electron chi connectivity index (χ1n) is 7.08. The Labute approximate surface area is 120 Å². The quantitative estimate of drug-likeness (QED) is 0.718. The van der Waals surface area contributed by atoms with Crippen LogP contribution in [0.25, 0.3) is 0 Å².